The normalized spacial score (nSPS) is 12.5. The van der Waals surface area contributed by atoms with Gasteiger partial charge in [-0.25, -0.2) is 0 Å². The lowest BCUT2D eigenvalue weighted by Gasteiger charge is -2.16. The molecule has 1 atom stereocenters. The second-order valence-electron chi connectivity index (χ2n) is 4.89. The minimum atomic E-state index is 0.607. The van der Waals surface area contributed by atoms with Crippen molar-refractivity contribution < 1.29 is 0 Å². The maximum atomic E-state index is 5.66. The molecule has 4 nitrogen and oxygen atoms in total. The van der Waals surface area contributed by atoms with Gasteiger partial charge in [-0.05, 0) is 25.3 Å². The van der Waals surface area contributed by atoms with Gasteiger partial charge in [0.1, 0.15) is 0 Å². The predicted molar refractivity (Wildman–Crippen MR) is 80.1 cm³/mol. The van der Waals surface area contributed by atoms with E-state index >= 15 is 0 Å². The first-order valence-corrected chi connectivity index (χ1v) is 6.99. The van der Waals surface area contributed by atoms with Gasteiger partial charge in [-0.1, -0.05) is 37.6 Å². The van der Waals surface area contributed by atoms with Crippen molar-refractivity contribution in [2.24, 2.45) is 11.7 Å². The molecule has 0 amide bonds. The molecule has 102 valence electrons. The van der Waals surface area contributed by atoms with Crippen molar-refractivity contribution in [3.05, 3.63) is 30.5 Å². The highest BCUT2D eigenvalue weighted by Gasteiger charge is 2.08. The molecular formula is C15H22N4. The summed E-state index contributed by atoms with van der Waals surface area (Å²) in [6.45, 7) is 3.86. The number of rotatable bonds is 7. The summed E-state index contributed by atoms with van der Waals surface area (Å²) in [6.07, 6.45) is 5.24. The van der Waals surface area contributed by atoms with E-state index in [1.807, 2.05) is 12.1 Å². The molecule has 0 saturated heterocycles. The molecule has 0 bridgehead atoms. The molecule has 0 fully saturated rings. The highest BCUT2D eigenvalue weighted by Crippen LogP contribution is 2.20. The molecule has 0 aliphatic carbocycles. The van der Waals surface area contributed by atoms with E-state index < -0.39 is 0 Å². The molecule has 3 N–H and O–H groups in total. The maximum absolute atomic E-state index is 5.66. The summed E-state index contributed by atoms with van der Waals surface area (Å²) in [6, 6.07) is 8.17. The van der Waals surface area contributed by atoms with E-state index in [0.29, 0.717) is 5.92 Å². The SMILES string of the molecule is CCCC(CCN)CNc1nncc2ccccc12. The smallest absolute Gasteiger partial charge is 0.156 e. The Kier molecular flexibility index (Phi) is 5.10. The Balaban J connectivity index is 2.08. The van der Waals surface area contributed by atoms with Crippen molar-refractivity contribution in [3.8, 4) is 0 Å². The van der Waals surface area contributed by atoms with Crippen LogP contribution in [0.15, 0.2) is 30.5 Å². The van der Waals surface area contributed by atoms with Crippen molar-refractivity contribution in [2.45, 2.75) is 26.2 Å². The molecule has 0 spiro atoms. The number of nitrogens with one attached hydrogen (secondary N) is 1. The molecule has 2 aromatic rings. The quantitative estimate of drug-likeness (QED) is 0.801. The molecule has 0 saturated carbocycles. The van der Waals surface area contributed by atoms with Crippen LogP contribution >= 0.6 is 0 Å². The molecule has 0 aliphatic heterocycles. The number of nitrogens with zero attached hydrogens (tertiary/aromatic N) is 2. The van der Waals surface area contributed by atoms with Crippen LogP contribution in [0.3, 0.4) is 0 Å². The van der Waals surface area contributed by atoms with E-state index in [1.54, 1.807) is 6.20 Å². The highest BCUT2D eigenvalue weighted by atomic mass is 15.2. The minimum absolute atomic E-state index is 0.607. The fraction of sp³-hybridized carbons (Fsp3) is 0.467. The first-order valence-electron chi connectivity index (χ1n) is 6.99. The third kappa shape index (κ3) is 3.64. The number of anilines is 1. The number of benzene rings is 1. The standard InChI is InChI=1S/C15H22N4/c1-2-5-12(8-9-16)10-17-15-14-7-4-3-6-13(14)11-18-19-15/h3-4,6-7,11-12H,2,5,8-10,16H2,1H3,(H,17,19). The van der Waals surface area contributed by atoms with Crippen LogP contribution in [0.1, 0.15) is 26.2 Å². The number of aromatic nitrogens is 2. The van der Waals surface area contributed by atoms with Crippen molar-refractivity contribution in [3.63, 3.8) is 0 Å². The van der Waals surface area contributed by atoms with Crippen LogP contribution in [0.4, 0.5) is 5.82 Å². The van der Waals surface area contributed by atoms with Crippen LogP contribution in [-0.4, -0.2) is 23.3 Å². The first-order chi connectivity index (χ1) is 9.35. The lowest BCUT2D eigenvalue weighted by molar-refractivity contribution is 0.473. The van der Waals surface area contributed by atoms with Gasteiger partial charge < -0.3 is 11.1 Å². The average molecular weight is 258 g/mol. The Morgan fingerprint density at radius 2 is 2.11 bits per heavy atom. The first kappa shape index (κ1) is 13.7. The third-order valence-corrected chi connectivity index (χ3v) is 3.40. The number of fused-ring (bicyclic) bond motifs is 1. The van der Waals surface area contributed by atoms with E-state index in [4.69, 9.17) is 5.73 Å². The van der Waals surface area contributed by atoms with E-state index in [1.165, 1.54) is 12.8 Å². The molecule has 1 aromatic heterocycles. The molecule has 0 aliphatic rings. The molecule has 19 heavy (non-hydrogen) atoms. The molecule has 2 rings (SSSR count). The molecular weight excluding hydrogens is 236 g/mol. The van der Waals surface area contributed by atoms with E-state index in [0.717, 1.165) is 36.1 Å². The molecule has 1 unspecified atom stereocenters. The Morgan fingerprint density at radius 3 is 2.89 bits per heavy atom. The summed E-state index contributed by atoms with van der Waals surface area (Å²) in [4.78, 5) is 0. The van der Waals surface area contributed by atoms with Crippen LogP contribution in [0.5, 0.6) is 0 Å². The Hall–Kier alpha value is -1.68. The summed E-state index contributed by atoms with van der Waals surface area (Å²) in [5.41, 5.74) is 5.66. The summed E-state index contributed by atoms with van der Waals surface area (Å²) >= 11 is 0. The van der Waals surface area contributed by atoms with Crippen LogP contribution in [0.2, 0.25) is 0 Å². The number of nitrogens with two attached hydrogens (primary N) is 1. The van der Waals surface area contributed by atoms with Gasteiger partial charge in [0.25, 0.3) is 0 Å². The fourth-order valence-corrected chi connectivity index (χ4v) is 2.39. The molecule has 1 heterocycles. The highest BCUT2D eigenvalue weighted by molar-refractivity contribution is 5.90. The average Bonchev–Trinajstić information content (AvgIpc) is 2.45. The lowest BCUT2D eigenvalue weighted by Crippen LogP contribution is -2.18. The zero-order chi connectivity index (χ0) is 13.5. The second kappa shape index (κ2) is 7.04. The summed E-state index contributed by atoms with van der Waals surface area (Å²) < 4.78 is 0. The van der Waals surface area contributed by atoms with Gasteiger partial charge >= 0.3 is 0 Å². The zero-order valence-corrected chi connectivity index (χ0v) is 11.5. The number of hydrogen-bond acceptors (Lipinski definition) is 4. The third-order valence-electron chi connectivity index (χ3n) is 3.40. The molecule has 0 radical (unpaired) electrons. The van der Waals surface area contributed by atoms with Gasteiger partial charge in [0.05, 0.1) is 6.20 Å². The summed E-state index contributed by atoms with van der Waals surface area (Å²) in [5, 5.41) is 13.9. The van der Waals surface area contributed by atoms with Crippen molar-refractivity contribution in [1.29, 1.82) is 0 Å². The zero-order valence-electron chi connectivity index (χ0n) is 11.5. The minimum Gasteiger partial charge on any atom is -0.368 e. The van der Waals surface area contributed by atoms with Gasteiger partial charge in [-0.3, -0.25) is 0 Å². The molecule has 4 heteroatoms. The summed E-state index contributed by atoms with van der Waals surface area (Å²) in [5.74, 6) is 1.48. The van der Waals surface area contributed by atoms with E-state index in [-0.39, 0.29) is 0 Å². The van der Waals surface area contributed by atoms with Gasteiger partial charge in [0.2, 0.25) is 0 Å². The Morgan fingerprint density at radius 1 is 1.26 bits per heavy atom. The topological polar surface area (TPSA) is 63.8 Å². The molecule has 1 aromatic carbocycles. The van der Waals surface area contributed by atoms with Crippen LogP contribution < -0.4 is 11.1 Å². The Bertz CT molecular complexity index is 501. The van der Waals surface area contributed by atoms with Gasteiger partial charge in [-0.2, -0.15) is 5.10 Å². The second-order valence-corrected chi connectivity index (χ2v) is 4.89. The maximum Gasteiger partial charge on any atom is 0.156 e. The van der Waals surface area contributed by atoms with Gasteiger partial charge in [0.15, 0.2) is 5.82 Å². The van der Waals surface area contributed by atoms with Crippen LogP contribution in [0, 0.1) is 5.92 Å². The van der Waals surface area contributed by atoms with E-state index in [2.05, 4.69) is 34.6 Å². The van der Waals surface area contributed by atoms with Gasteiger partial charge in [-0.15, -0.1) is 5.10 Å². The Labute approximate surface area is 114 Å². The lowest BCUT2D eigenvalue weighted by atomic mass is 10.00. The van der Waals surface area contributed by atoms with Crippen molar-refractivity contribution in [1.82, 2.24) is 10.2 Å². The van der Waals surface area contributed by atoms with E-state index in [9.17, 15) is 0 Å². The fourth-order valence-electron chi connectivity index (χ4n) is 2.39. The predicted octanol–water partition coefficient (Wildman–Crippen LogP) is 2.81. The summed E-state index contributed by atoms with van der Waals surface area (Å²) in [7, 11) is 0. The number of hydrogen-bond donors (Lipinski definition) is 2. The van der Waals surface area contributed by atoms with Crippen molar-refractivity contribution in [2.75, 3.05) is 18.4 Å². The monoisotopic (exact) mass is 258 g/mol. The van der Waals surface area contributed by atoms with Crippen LogP contribution in [0.25, 0.3) is 10.8 Å². The largest absolute Gasteiger partial charge is 0.368 e. The van der Waals surface area contributed by atoms with Crippen LogP contribution in [-0.2, 0) is 0 Å². The van der Waals surface area contributed by atoms with Crippen molar-refractivity contribution >= 4 is 16.6 Å². The van der Waals surface area contributed by atoms with Gasteiger partial charge in [0, 0.05) is 17.3 Å².